The summed E-state index contributed by atoms with van der Waals surface area (Å²) in [4.78, 5) is 4.32. The number of hydrogen-bond acceptors (Lipinski definition) is 2. The Hall–Kier alpha value is -2.32. The van der Waals surface area contributed by atoms with Gasteiger partial charge in [-0.3, -0.25) is 0 Å². The zero-order chi connectivity index (χ0) is 13.8. The Morgan fingerprint density at radius 2 is 1.50 bits per heavy atom. The Kier molecular flexibility index (Phi) is 3.66. The molecule has 0 aliphatic heterocycles. The van der Waals surface area contributed by atoms with Crippen LogP contribution < -0.4 is 4.74 Å². The molecule has 0 fully saturated rings. The van der Waals surface area contributed by atoms with Crippen LogP contribution in [0.4, 0.5) is 0 Å². The van der Waals surface area contributed by atoms with Crippen LogP contribution in [0.3, 0.4) is 0 Å². The average molecular weight is 282 g/mol. The maximum absolute atomic E-state index is 5.83. The molecule has 0 unspecified atom stereocenters. The van der Waals surface area contributed by atoms with Crippen molar-refractivity contribution in [3.8, 4) is 22.8 Å². The zero-order valence-electron chi connectivity index (χ0n) is 10.7. The summed E-state index contributed by atoms with van der Waals surface area (Å²) < 4.78 is 5.65. The minimum Gasteiger partial charge on any atom is -0.439 e. The fourth-order valence-corrected chi connectivity index (χ4v) is 1.99. The molecule has 1 aromatic heterocycles. The standard InChI is InChI=1S/C17H12ClNO/c18-15-7-9-16(10-8-15)20-17-11-6-14(12-19-17)13-4-2-1-3-5-13/h1-12H. The minimum absolute atomic E-state index is 0.562. The molecule has 3 heteroatoms. The SMILES string of the molecule is Clc1ccc(Oc2ccc(-c3ccccc3)cn2)cc1. The van der Waals surface area contributed by atoms with Gasteiger partial charge in [0.15, 0.2) is 0 Å². The number of aromatic nitrogens is 1. The van der Waals surface area contributed by atoms with Gasteiger partial charge >= 0.3 is 0 Å². The largest absolute Gasteiger partial charge is 0.439 e. The fourth-order valence-electron chi connectivity index (χ4n) is 1.87. The van der Waals surface area contributed by atoms with Crippen LogP contribution in [0.5, 0.6) is 11.6 Å². The quantitative estimate of drug-likeness (QED) is 0.659. The zero-order valence-corrected chi connectivity index (χ0v) is 11.4. The normalized spacial score (nSPS) is 10.2. The van der Waals surface area contributed by atoms with Crippen molar-refractivity contribution >= 4 is 11.6 Å². The average Bonchev–Trinajstić information content (AvgIpc) is 2.51. The molecule has 0 amide bonds. The summed E-state index contributed by atoms with van der Waals surface area (Å²) in [6, 6.07) is 21.2. The fraction of sp³-hybridized carbons (Fsp3) is 0. The third kappa shape index (κ3) is 2.98. The van der Waals surface area contributed by atoms with E-state index < -0.39 is 0 Å². The number of nitrogens with zero attached hydrogens (tertiary/aromatic N) is 1. The van der Waals surface area contributed by atoms with Crippen molar-refractivity contribution in [3.63, 3.8) is 0 Å². The molecule has 3 rings (SSSR count). The van der Waals surface area contributed by atoms with Gasteiger partial charge in [0, 0.05) is 22.8 Å². The predicted molar refractivity (Wildman–Crippen MR) is 81.2 cm³/mol. The van der Waals surface area contributed by atoms with E-state index in [1.54, 1.807) is 18.3 Å². The van der Waals surface area contributed by atoms with Gasteiger partial charge in [-0.05, 0) is 35.9 Å². The predicted octanol–water partition coefficient (Wildman–Crippen LogP) is 5.19. The molecule has 0 saturated heterocycles. The third-order valence-electron chi connectivity index (χ3n) is 2.88. The Balaban J connectivity index is 1.78. The molecule has 2 nitrogen and oxygen atoms in total. The lowest BCUT2D eigenvalue weighted by Gasteiger charge is -2.06. The summed E-state index contributed by atoms with van der Waals surface area (Å²) in [6.07, 6.45) is 1.81. The maximum Gasteiger partial charge on any atom is 0.219 e. The number of hydrogen-bond donors (Lipinski definition) is 0. The van der Waals surface area contributed by atoms with Crippen molar-refractivity contribution in [1.29, 1.82) is 0 Å². The van der Waals surface area contributed by atoms with E-state index in [4.69, 9.17) is 16.3 Å². The highest BCUT2D eigenvalue weighted by molar-refractivity contribution is 6.30. The summed E-state index contributed by atoms with van der Waals surface area (Å²) >= 11 is 5.83. The molecule has 2 aromatic carbocycles. The van der Waals surface area contributed by atoms with Crippen molar-refractivity contribution in [3.05, 3.63) is 77.9 Å². The molecule has 20 heavy (non-hydrogen) atoms. The molecule has 0 N–H and O–H groups in total. The van der Waals surface area contributed by atoms with Gasteiger partial charge in [-0.2, -0.15) is 0 Å². The van der Waals surface area contributed by atoms with Gasteiger partial charge in [-0.15, -0.1) is 0 Å². The molecule has 0 radical (unpaired) electrons. The lowest BCUT2D eigenvalue weighted by molar-refractivity contribution is 0.463. The topological polar surface area (TPSA) is 22.1 Å². The van der Waals surface area contributed by atoms with Crippen LogP contribution in [0.25, 0.3) is 11.1 Å². The number of pyridine rings is 1. The lowest BCUT2D eigenvalue weighted by Crippen LogP contribution is -1.88. The molecule has 98 valence electrons. The first kappa shape index (κ1) is 12.7. The van der Waals surface area contributed by atoms with Gasteiger partial charge in [0.05, 0.1) is 0 Å². The summed E-state index contributed by atoms with van der Waals surface area (Å²) in [5.74, 6) is 1.28. The van der Waals surface area contributed by atoms with Gasteiger partial charge in [-0.25, -0.2) is 4.98 Å². The van der Waals surface area contributed by atoms with Crippen molar-refractivity contribution in [1.82, 2.24) is 4.98 Å². The highest BCUT2D eigenvalue weighted by Gasteiger charge is 2.01. The summed E-state index contributed by atoms with van der Waals surface area (Å²) in [6.45, 7) is 0. The first-order valence-electron chi connectivity index (χ1n) is 6.26. The van der Waals surface area contributed by atoms with E-state index in [1.807, 2.05) is 42.5 Å². The maximum atomic E-state index is 5.83. The van der Waals surface area contributed by atoms with E-state index in [0.717, 1.165) is 16.9 Å². The molecule has 0 atom stereocenters. The Labute approximate surface area is 122 Å². The Morgan fingerprint density at radius 3 is 2.15 bits per heavy atom. The van der Waals surface area contributed by atoms with Crippen molar-refractivity contribution < 1.29 is 4.74 Å². The summed E-state index contributed by atoms with van der Waals surface area (Å²) in [5, 5.41) is 0.685. The van der Waals surface area contributed by atoms with Crippen molar-refractivity contribution in [2.24, 2.45) is 0 Å². The first-order chi connectivity index (χ1) is 9.81. The number of benzene rings is 2. The Morgan fingerprint density at radius 1 is 0.750 bits per heavy atom. The minimum atomic E-state index is 0.562. The van der Waals surface area contributed by atoms with Gasteiger partial charge in [0.25, 0.3) is 0 Å². The van der Waals surface area contributed by atoms with Crippen LogP contribution in [0.15, 0.2) is 72.9 Å². The summed E-state index contributed by atoms with van der Waals surface area (Å²) in [7, 11) is 0. The third-order valence-corrected chi connectivity index (χ3v) is 3.13. The van der Waals surface area contributed by atoms with Crippen molar-refractivity contribution in [2.45, 2.75) is 0 Å². The van der Waals surface area contributed by atoms with E-state index in [0.29, 0.717) is 10.9 Å². The van der Waals surface area contributed by atoms with E-state index in [9.17, 15) is 0 Å². The number of rotatable bonds is 3. The van der Waals surface area contributed by atoms with Gasteiger partial charge < -0.3 is 4.74 Å². The second-order valence-electron chi connectivity index (χ2n) is 4.31. The van der Waals surface area contributed by atoms with E-state index in [-0.39, 0.29) is 0 Å². The van der Waals surface area contributed by atoms with E-state index in [1.165, 1.54) is 0 Å². The van der Waals surface area contributed by atoms with Crippen LogP contribution >= 0.6 is 11.6 Å². The molecule has 0 saturated carbocycles. The molecule has 0 aliphatic rings. The van der Waals surface area contributed by atoms with Crippen LogP contribution in [-0.2, 0) is 0 Å². The Bertz CT molecular complexity index is 678. The lowest BCUT2D eigenvalue weighted by atomic mass is 10.1. The molecule has 1 heterocycles. The first-order valence-corrected chi connectivity index (χ1v) is 6.64. The highest BCUT2D eigenvalue weighted by atomic mass is 35.5. The second-order valence-corrected chi connectivity index (χ2v) is 4.74. The van der Waals surface area contributed by atoms with Crippen molar-refractivity contribution in [2.75, 3.05) is 0 Å². The van der Waals surface area contributed by atoms with Crippen LogP contribution in [0.1, 0.15) is 0 Å². The van der Waals surface area contributed by atoms with E-state index in [2.05, 4.69) is 17.1 Å². The van der Waals surface area contributed by atoms with Gasteiger partial charge in [0.1, 0.15) is 5.75 Å². The molecule has 0 spiro atoms. The van der Waals surface area contributed by atoms with Gasteiger partial charge in [0.2, 0.25) is 5.88 Å². The number of ether oxygens (including phenoxy) is 1. The molecule has 3 aromatic rings. The van der Waals surface area contributed by atoms with Crippen LogP contribution in [-0.4, -0.2) is 4.98 Å². The number of halogens is 1. The molecular weight excluding hydrogens is 270 g/mol. The second kappa shape index (κ2) is 5.76. The van der Waals surface area contributed by atoms with Crippen LogP contribution in [0, 0.1) is 0 Å². The molecule has 0 aliphatic carbocycles. The smallest absolute Gasteiger partial charge is 0.219 e. The molecule has 0 bridgehead atoms. The van der Waals surface area contributed by atoms with Crippen LogP contribution in [0.2, 0.25) is 5.02 Å². The van der Waals surface area contributed by atoms with Gasteiger partial charge in [-0.1, -0.05) is 41.9 Å². The highest BCUT2D eigenvalue weighted by Crippen LogP contribution is 2.24. The molecular formula is C17H12ClNO. The van der Waals surface area contributed by atoms with E-state index >= 15 is 0 Å². The monoisotopic (exact) mass is 281 g/mol. The summed E-state index contributed by atoms with van der Waals surface area (Å²) in [5.41, 5.74) is 2.20.